The van der Waals surface area contributed by atoms with Crippen molar-refractivity contribution in [3.8, 4) is 28.3 Å². The fraction of sp³-hybridized carbons (Fsp3) is 0.0645. The molecule has 0 bridgehead atoms. The second kappa shape index (κ2) is 7.97. The second-order valence-electron chi connectivity index (χ2n) is 8.51. The summed E-state index contributed by atoms with van der Waals surface area (Å²) in [7, 11) is 0. The minimum atomic E-state index is 0.252. The van der Waals surface area contributed by atoms with Crippen LogP contribution >= 0.6 is 0 Å². The molecule has 0 saturated heterocycles. The summed E-state index contributed by atoms with van der Waals surface area (Å²) < 4.78 is 0. The first kappa shape index (κ1) is 19.3. The van der Waals surface area contributed by atoms with E-state index in [2.05, 4.69) is 114 Å². The molecule has 2 heteroatoms. The third-order valence-corrected chi connectivity index (χ3v) is 6.63. The highest BCUT2D eigenvalue weighted by Gasteiger charge is 2.37. The maximum absolute atomic E-state index is 9.36. The average Bonchev–Trinajstić information content (AvgIpc) is 3.23. The van der Waals surface area contributed by atoms with Crippen LogP contribution in [0.25, 0.3) is 22.3 Å². The van der Waals surface area contributed by atoms with Crippen molar-refractivity contribution < 1.29 is 0 Å². The minimum Gasteiger partial charge on any atom is -0.333 e. The van der Waals surface area contributed by atoms with E-state index in [4.69, 9.17) is 0 Å². The molecule has 1 aliphatic heterocycles. The summed E-state index contributed by atoms with van der Waals surface area (Å²) >= 11 is 0. The topological polar surface area (TPSA) is 27.0 Å². The van der Waals surface area contributed by atoms with Gasteiger partial charge in [-0.05, 0) is 52.6 Å². The zero-order valence-electron chi connectivity index (χ0n) is 18.1. The number of fused-ring (bicyclic) bond motifs is 3. The summed E-state index contributed by atoms with van der Waals surface area (Å²) in [6.45, 7) is 0. The van der Waals surface area contributed by atoms with Gasteiger partial charge in [-0.25, -0.2) is 0 Å². The number of para-hydroxylation sites is 1. The van der Waals surface area contributed by atoms with Crippen LogP contribution in [0.1, 0.15) is 17.0 Å². The fourth-order valence-corrected chi connectivity index (χ4v) is 5.11. The van der Waals surface area contributed by atoms with E-state index in [0.717, 1.165) is 11.1 Å². The van der Waals surface area contributed by atoms with Gasteiger partial charge in [-0.3, -0.25) is 0 Å². The first-order valence-electron chi connectivity index (χ1n) is 11.3. The standard InChI is InChI=1S/C31H22N2/c32-21-22-9-8-12-24(19-22)25-17-18-31(28(20-25)23-10-2-1-3-11-23)33-29-15-6-4-13-26(29)27-14-5-7-16-30(27)33/h1-20,26,29H. The normalized spacial score (nSPS) is 18.0. The minimum absolute atomic E-state index is 0.252. The lowest BCUT2D eigenvalue weighted by Gasteiger charge is -2.31. The van der Waals surface area contributed by atoms with Crippen molar-refractivity contribution in [3.05, 3.63) is 132 Å². The van der Waals surface area contributed by atoms with Crippen LogP contribution in [0.15, 0.2) is 121 Å². The molecule has 0 amide bonds. The number of hydrogen-bond acceptors (Lipinski definition) is 2. The molecule has 0 aromatic heterocycles. The van der Waals surface area contributed by atoms with Gasteiger partial charge in [0.25, 0.3) is 0 Å². The molecule has 2 nitrogen and oxygen atoms in total. The van der Waals surface area contributed by atoms with Gasteiger partial charge < -0.3 is 4.90 Å². The Kier molecular flexibility index (Phi) is 4.67. The highest BCUT2D eigenvalue weighted by molar-refractivity contribution is 5.89. The molecule has 2 unspecified atom stereocenters. The monoisotopic (exact) mass is 422 g/mol. The molecule has 156 valence electrons. The van der Waals surface area contributed by atoms with Gasteiger partial charge in [0.05, 0.1) is 17.7 Å². The molecule has 2 aliphatic rings. The van der Waals surface area contributed by atoms with Gasteiger partial charge in [0.15, 0.2) is 0 Å². The third-order valence-electron chi connectivity index (χ3n) is 6.63. The molecule has 4 aromatic rings. The van der Waals surface area contributed by atoms with Crippen LogP contribution < -0.4 is 4.90 Å². The van der Waals surface area contributed by atoms with Crippen LogP contribution in [-0.4, -0.2) is 6.04 Å². The Balaban J connectivity index is 1.56. The Morgan fingerprint density at radius 1 is 0.636 bits per heavy atom. The zero-order chi connectivity index (χ0) is 22.2. The van der Waals surface area contributed by atoms with Crippen LogP contribution in [0.5, 0.6) is 0 Å². The van der Waals surface area contributed by atoms with E-state index < -0.39 is 0 Å². The number of rotatable bonds is 3. The van der Waals surface area contributed by atoms with Crippen molar-refractivity contribution >= 4 is 11.4 Å². The molecule has 0 N–H and O–H groups in total. The first-order chi connectivity index (χ1) is 16.3. The number of nitrogens with zero attached hydrogens (tertiary/aromatic N) is 2. The molecule has 4 aromatic carbocycles. The maximum atomic E-state index is 9.36. The Hall–Kier alpha value is -4.35. The van der Waals surface area contributed by atoms with E-state index in [-0.39, 0.29) is 6.04 Å². The number of allylic oxidation sites excluding steroid dienone is 2. The zero-order valence-corrected chi connectivity index (χ0v) is 18.1. The highest BCUT2D eigenvalue weighted by atomic mass is 15.2. The molecule has 0 radical (unpaired) electrons. The van der Waals surface area contributed by atoms with Gasteiger partial charge in [0, 0.05) is 22.9 Å². The average molecular weight is 423 g/mol. The predicted octanol–water partition coefficient (Wildman–Crippen LogP) is 7.62. The van der Waals surface area contributed by atoms with Crippen LogP contribution in [0.4, 0.5) is 11.4 Å². The molecule has 0 spiro atoms. The van der Waals surface area contributed by atoms with E-state index in [1.54, 1.807) is 0 Å². The fourth-order valence-electron chi connectivity index (χ4n) is 5.11. The van der Waals surface area contributed by atoms with Crippen molar-refractivity contribution in [2.24, 2.45) is 0 Å². The molecule has 6 rings (SSSR count). The Morgan fingerprint density at radius 2 is 1.39 bits per heavy atom. The predicted molar refractivity (Wildman–Crippen MR) is 135 cm³/mol. The third kappa shape index (κ3) is 3.26. The van der Waals surface area contributed by atoms with Crippen molar-refractivity contribution in [2.45, 2.75) is 12.0 Å². The molecule has 33 heavy (non-hydrogen) atoms. The molecule has 0 saturated carbocycles. The second-order valence-corrected chi connectivity index (χ2v) is 8.51. The quantitative estimate of drug-likeness (QED) is 0.339. The van der Waals surface area contributed by atoms with Crippen LogP contribution in [0.3, 0.4) is 0 Å². The largest absolute Gasteiger partial charge is 0.333 e. The number of benzene rings is 4. The van der Waals surface area contributed by atoms with Gasteiger partial charge in [0.2, 0.25) is 0 Å². The van der Waals surface area contributed by atoms with E-state index in [1.807, 2.05) is 18.2 Å². The Labute approximate surface area is 194 Å². The maximum Gasteiger partial charge on any atom is 0.0991 e. The Morgan fingerprint density at radius 3 is 2.27 bits per heavy atom. The SMILES string of the molecule is N#Cc1cccc(-c2ccc(N3c4ccccc4C4C=CC=CC43)c(-c3ccccc3)c2)c1. The number of nitriles is 1. The van der Waals surface area contributed by atoms with Gasteiger partial charge >= 0.3 is 0 Å². The van der Waals surface area contributed by atoms with Crippen LogP contribution in [0.2, 0.25) is 0 Å². The van der Waals surface area contributed by atoms with Crippen LogP contribution in [0, 0.1) is 11.3 Å². The smallest absolute Gasteiger partial charge is 0.0991 e. The van der Waals surface area contributed by atoms with Crippen molar-refractivity contribution in [1.82, 2.24) is 0 Å². The van der Waals surface area contributed by atoms with E-state index in [1.165, 1.54) is 28.1 Å². The van der Waals surface area contributed by atoms with Crippen LogP contribution in [-0.2, 0) is 0 Å². The first-order valence-corrected chi connectivity index (χ1v) is 11.3. The number of anilines is 2. The lowest BCUT2D eigenvalue weighted by molar-refractivity contribution is 0.745. The summed E-state index contributed by atoms with van der Waals surface area (Å²) in [5.41, 5.74) is 9.04. The van der Waals surface area contributed by atoms with E-state index in [0.29, 0.717) is 11.5 Å². The molecule has 0 fully saturated rings. The van der Waals surface area contributed by atoms with Crippen molar-refractivity contribution in [2.75, 3.05) is 4.90 Å². The highest BCUT2D eigenvalue weighted by Crippen LogP contribution is 2.50. The summed E-state index contributed by atoms with van der Waals surface area (Å²) in [6, 6.07) is 36.3. The Bertz CT molecular complexity index is 1440. The molecular weight excluding hydrogens is 400 g/mol. The van der Waals surface area contributed by atoms with E-state index >= 15 is 0 Å². The van der Waals surface area contributed by atoms with E-state index in [9.17, 15) is 5.26 Å². The van der Waals surface area contributed by atoms with Crippen molar-refractivity contribution in [1.29, 1.82) is 5.26 Å². The number of hydrogen-bond donors (Lipinski definition) is 0. The molecule has 1 heterocycles. The van der Waals surface area contributed by atoms with Gasteiger partial charge in [-0.2, -0.15) is 5.26 Å². The van der Waals surface area contributed by atoms with Crippen molar-refractivity contribution in [3.63, 3.8) is 0 Å². The van der Waals surface area contributed by atoms with Gasteiger partial charge in [-0.15, -0.1) is 0 Å². The van der Waals surface area contributed by atoms with Gasteiger partial charge in [0.1, 0.15) is 0 Å². The summed E-state index contributed by atoms with van der Waals surface area (Å²) in [6.07, 6.45) is 8.94. The summed E-state index contributed by atoms with van der Waals surface area (Å²) in [4.78, 5) is 2.48. The van der Waals surface area contributed by atoms with Gasteiger partial charge in [-0.1, -0.05) is 91.0 Å². The molecule has 2 atom stereocenters. The molecular formula is C31H22N2. The summed E-state index contributed by atoms with van der Waals surface area (Å²) in [5, 5.41) is 9.36. The lowest BCUT2D eigenvalue weighted by atomic mass is 9.91. The lowest BCUT2D eigenvalue weighted by Crippen LogP contribution is -2.28. The molecule has 1 aliphatic carbocycles. The summed E-state index contributed by atoms with van der Waals surface area (Å²) in [5.74, 6) is 0.349.